The summed E-state index contributed by atoms with van der Waals surface area (Å²) < 4.78 is 67.6. The third-order valence-electron chi connectivity index (χ3n) is 5.82. The van der Waals surface area contributed by atoms with Gasteiger partial charge in [0.1, 0.15) is 27.3 Å². The van der Waals surface area contributed by atoms with Crippen molar-refractivity contribution in [3.8, 4) is 10.6 Å². The number of anilines is 3. The Labute approximate surface area is 207 Å². The number of nitrogen functional groups attached to an aromatic ring is 1. The molecule has 0 aliphatic carbocycles. The highest BCUT2D eigenvalue weighted by molar-refractivity contribution is 7.19. The molecular weight excluding hydrogens is 505 g/mol. The van der Waals surface area contributed by atoms with Crippen molar-refractivity contribution in [2.45, 2.75) is 31.5 Å². The van der Waals surface area contributed by atoms with Gasteiger partial charge in [-0.15, -0.1) is 0 Å². The molecule has 4 N–H and O–H groups in total. The number of hydrogen-bond acceptors (Lipinski definition) is 7. The van der Waals surface area contributed by atoms with Crippen LogP contribution in [0.2, 0.25) is 0 Å². The van der Waals surface area contributed by atoms with E-state index in [0.717, 1.165) is 23.5 Å². The molecule has 2 aromatic heterocycles. The second kappa shape index (κ2) is 10.4. The predicted molar refractivity (Wildman–Crippen MR) is 127 cm³/mol. The van der Waals surface area contributed by atoms with Crippen LogP contribution in [0.25, 0.3) is 10.6 Å². The van der Waals surface area contributed by atoms with Crippen LogP contribution in [0.3, 0.4) is 0 Å². The molecule has 36 heavy (non-hydrogen) atoms. The Morgan fingerprint density at radius 3 is 2.64 bits per heavy atom. The SMILES string of the molecule is Cn1ncc(NC(=O)c2nc(-c3c(F)cccc3F)sc2N)c1N1CCCC(NCC(F)(F)F)CC1. The van der Waals surface area contributed by atoms with Gasteiger partial charge in [0.05, 0.1) is 18.3 Å². The van der Waals surface area contributed by atoms with E-state index in [1.54, 1.807) is 11.7 Å². The molecule has 1 atom stereocenters. The minimum Gasteiger partial charge on any atom is -0.389 e. The van der Waals surface area contributed by atoms with Crippen LogP contribution in [0, 0.1) is 11.6 Å². The molecule has 0 spiro atoms. The number of aryl methyl sites for hydroxylation is 1. The number of benzene rings is 1. The van der Waals surface area contributed by atoms with Crippen LogP contribution in [0.5, 0.6) is 0 Å². The van der Waals surface area contributed by atoms with Crippen molar-refractivity contribution >= 4 is 33.8 Å². The summed E-state index contributed by atoms with van der Waals surface area (Å²) in [6, 6.07) is 3.11. The molecule has 3 heterocycles. The number of nitrogens with one attached hydrogen (secondary N) is 2. The Hall–Kier alpha value is -3.26. The van der Waals surface area contributed by atoms with E-state index in [2.05, 4.69) is 20.7 Å². The average Bonchev–Trinajstić information content (AvgIpc) is 3.25. The molecule has 4 rings (SSSR count). The molecule has 1 amide bonds. The molecule has 1 saturated heterocycles. The third kappa shape index (κ3) is 5.75. The zero-order valence-electron chi connectivity index (χ0n) is 19.2. The van der Waals surface area contributed by atoms with E-state index >= 15 is 0 Å². The molecule has 1 unspecified atom stereocenters. The van der Waals surface area contributed by atoms with E-state index in [9.17, 15) is 26.7 Å². The fraction of sp³-hybridized carbons (Fsp3) is 0.409. The first kappa shape index (κ1) is 25.8. The van der Waals surface area contributed by atoms with Gasteiger partial charge in [0.15, 0.2) is 11.5 Å². The van der Waals surface area contributed by atoms with E-state index < -0.39 is 30.3 Å². The minimum atomic E-state index is -4.28. The molecule has 1 aliphatic rings. The van der Waals surface area contributed by atoms with Gasteiger partial charge in [-0.2, -0.15) is 18.3 Å². The first-order valence-electron chi connectivity index (χ1n) is 11.1. The standard InChI is InChI=1S/C22H24F5N7OS/c1-33-21(34-8-3-4-12(7-9-34)29-11-22(25,26)27)15(10-30-33)31-19(35)17-18(28)36-20(32-17)16-13(23)5-2-6-14(16)24/h2,5-6,10,12,29H,3-4,7-9,11,28H2,1H3,(H,31,35). The zero-order valence-corrected chi connectivity index (χ0v) is 20.0. The van der Waals surface area contributed by atoms with E-state index in [-0.39, 0.29) is 27.3 Å². The number of amides is 1. The van der Waals surface area contributed by atoms with Crippen LogP contribution in [-0.2, 0) is 7.05 Å². The van der Waals surface area contributed by atoms with Gasteiger partial charge in [-0.05, 0) is 31.4 Å². The Morgan fingerprint density at radius 2 is 1.94 bits per heavy atom. The summed E-state index contributed by atoms with van der Waals surface area (Å²) in [5.74, 6) is -1.75. The number of aromatic nitrogens is 3. The van der Waals surface area contributed by atoms with Gasteiger partial charge < -0.3 is 21.3 Å². The number of alkyl halides is 3. The number of rotatable bonds is 6. The number of carbonyl (C=O) groups is 1. The maximum Gasteiger partial charge on any atom is 0.401 e. The molecule has 194 valence electrons. The Kier molecular flexibility index (Phi) is 7.45. The van der Waals surface area contributed by atoms with Crippen molar-refractivity contribution in [1.29, 1.82) is 0 Å². The molecule has 3 aromatic rings. The Morgan fingerprint density at radius 1 is 1.22 bits per heavy atom. The van der Waals surface area contributed by atoms with E-state index in [0.29, 0.717) is 43.9 Å². The fourth-order valence-corrected chi connectivity index (χ4v) is 5.03. The van der Waals surface area contributed by atoms with Gasteiger partial charge in [0.25, 0.3) is 5.91 Å². The molecule has 1 aromatic carbocycles. The number of hydrogen-bond donors (Lipinski definition) is 3. The summed E-state index contributed by atoms with van der Waals surface area (Å²) in [5, 5.41) is 9.39. The quantitative estimate of drug-likeness (QED) is 0.415. The highest BCUT2D eigenvalue weighted by Crippen LogP contribution is 2.34. The smallest absolute Gasteiger partial charge is 0.389 e. The van der Waals surface area contributed by atoms with Crippen LogP contribution in [-0.4, -0.2) is 52.5 Å². The van der Waals surface area contributed by atoms with Crippen LogP contribution >= 0.6 is 11.3 Å². The van der Waals surface area contributed by atoms with Gasteiger partial charge in [-0.1, -0.05) is 17.4 Å². The van der Waals surface area contributed by atoms with Crippen LogP contribution in [0.4, 0.5) is 38.5 Å². The maximum absolute atomic E-state index is 14.2. The lowest BCUT2D eigenvalue weighted by Gasteiger charge is -2.24. The Bertz CT molecular complexity index is 1220. The fourth-order valence-electron chi connectivity index (χ4n) is 4.15. The maximum atomic E-state index is 14.2. The van der Waals surface area contributed by atoms with E-state index in [1.165, 1.54) is 12.3 Å². The first-order valence-corrected chi connectivity index (χ1v) is 11.9. The van der Waals surface area contributed by atoms with Crippen LogP contribution in [0.15, 0.2) is 24.4 Å². The Balaban J connectivity index is 1.49. The molecule has 1 fully saturated rings. The molecule has 0 radical (unpaired) electrons. The monoisotopic (exact) mass is 529 g/mol. The largest absolute Gasteiger partial charge is 0.401 e. The van der Waals surface area contributed by atoms with E-state index in [4.69, 9.17) is 5.73 Å². The normalized spacial score (nSPS) is 16.7. The minimum absolute atomic E-state index is 0.0102. The molecule has 8 nitrogen and oxygen atoms in total. The van der Waals surface area contributed by atoms with Crippen LogP contribution < -0.4 is 21.3 Å². The highest BCUT2D eigenvalue weighted by atomic mass is 32.1. The lowest BCUT2D eigenvalue weighted by atomic mass is 10.1. The van der Waals surface area contributed by atoms with Gasteiger partial charge in [-0.25, -0.2) is 13.8 Å². The summed E-state index contributed by atoms with van der Waals surface area (Å²) in [6.45, 7) is -0.0336. The van der Waals surface area contributed by atoms with E-state index in [1.807, 2.05) is 4.90 Å². The number of carbonyl (C=O) groups excluding carboxylic acids is 1. The summed E-state index contributed by atoms with van der Waals surface area (Å²) in [7, 11) is 1.69. The highest BCUT2D eigenvalue weighted by Gasteiger charge is 2.30. The van der Waals surface area contributed by atoms with Crippen molar-refractivity contribution in [3.05, 3.63) is 41.7 Å². The van der Waals surface area contributed by atoms with Crippen molar-refractivity contribution < 1.29 is 26.7 Å². The lowest BCUT2D eigenvalue weighted by molar-refractivity contribution is -0.126. The predicted octanol–water partition coefficient (Wildman–Crippen LogP) is 4.17. The topological polar surface area (TPSA) is 101 Å². The molecular formula is C22H24F5N7OS. The summed E-state index contributed by atoms with van der Waals surface area (Å²) in [5.41, 5.74) is 5.76. The third-order valence-corrected chi connectivity index (χ3v) is 6.72. The number of thiazole rings is 1. The number of nitrogens with two attached hydrogens (primary N) is 1. The second-order valence-electron chi connectivity index (χ2n) is 8.40. The molecule has 1 aliphatic heterocycles. The number of nitrogens with zero attached hydrogens (tertiary/aromatic N) is 4. The molecule has 0 saturated carbocycles. The molecule has 0 bridgehead atoms. The van der Waals surface area contributed by atoms with Gasteiger partial charge >= 0.3 is 6.18 Å². The van der Waals surface area contributed by atoms with Crippen molar-refractivity contribution in [1.82, 2.24) is 20.1 Å². The average molecular weight is 530 g/mol. The van der Waals surface area contributed by atoms with Crippen LogP contribution in [0.1, 0.15) is 29.8 Å². The van der Waals surface area contributed by atoms with Gasteiger partial charge in [0, 0.05) is 26.2 Å². The zero-order chi connectivity index (χ0) is 26.0. The summed E-state index contributed by atoms with van der Waals surface area (Å²) in [4.78, 5) is 19.0. The number of halogens is 5. The summed E-state index contributed by atoms with van der Waals surface area (Å²) in [6.07, 6.45) is -1.13. The first-order chi connectivity index (χ1) is 17.0. The van der Waals surface area contributed by atoms with Crippen molar-refractivity contribution in [3.63, 3.8) is 0 Å². The summed E-state index contributed by atoms with van der Waals surface area (Å²) >= 11 is 0.789. The van der Waals surface area contributed by atoms with Gasteiger partial charge in [0.2, 0.25) is 0 Å². The van der Waals surface area contributed by atoms with Gasteiger partial charge in [-0.3, -0.25) is 9.48 Å². The second-order valence-corrected chi connectivity index (χ2v) is 9.43. The lowest BCUT2D eigenvalue weighted by Crippen LogP contribution is -2.37. The van der Waals surface area contributed by atoms with Crippen molar-refractivity contribution in [2.24, 2.45) is 7.05 Å². The van der Waals surface area contributed by atoms with Crippen molar-refractivity contribution in [2.75, 3.05) is 35.6 Å². The molecule has 14 heteroatoms.